The highest BCUT2D eigenvalue weighted by atomic mass is 16.5. The second-order valence-corrected chi connectivity index (χ2v) is 3.07. The second-order valence-electron chi connectivity index (χ2n) is 3.07. The Kier molecular flexibility index (Phi) is 10.6. The van der Waals surface area contributed by atoms with Crippen molar-refractivity contribution in [3.63, 3.8) is 0 Å². The minimum atomic E-state index is -0.125. The first-order chi connectivity index (χ1) is 8.28. The summed E-state index contributed by atoms with van der Waals surface area (Å²) in [5.41, 5.74) is 1.05. The van der Waals surface area contributed by atoms with E-state index >= 15 is 0 Å². The van der Waals surface area contributed by atoms with Crippen molar-refractivity contribution in [1.29, 1.82) is 0 Å². The molecule has 0 amide bonds. The Morgan fingerprint density at radius 2 is 1.76 bits per heavy atom. The fraction of sp³-hybridized carbons (Fsp3) is 0.500. The van der Waals surface area contributed by atoms with Gasteiger partial charge in [-0.15, -0.1) is 0 Å². The summed E-state index contributed by atoms with van der Waals surface area (Å²) < 4.78 is 10.2. The Labute approximate surface area is 101 Å². The van der Waals surface area contributed by atoms with Crippen molar-refractivity contribution in [3.8, 4) is 5.75 Å². The molecule has 0 aliphatic rings. The molecule has 0 heterocycles. The summed E-state index contributed by atoms with van der Waals surface area (Å²) in [6.45, 7) is 0.693. The molecule has 0 spiro atoms. The van der Waals surface area contributed by atoms with Gasteiger partial charge >= 0.3 is 0 Å². The molecular weight excluding hydrogens is 224 g/mol. The number of benzene rings is 1. The van der Waals surface area contributed by atoms with Crippen molar-refractivity contribution < 1.29 is 24.8 Å². The second kappa shape index (κ2) is 11.3. The average molecular weight is 244 g/mol. The fourth-order valence-electron chi connectivity index (χ4n) is 1.02. The molecule has 0 bridgehead atoms. The first kappa shape index (κ1) is 15.9. The minimum absolute atomic E-state index is 0.0595. The van der Waals surface area contributed by atoms with E-state index < -0.39 is 0 Å². The summed E-state index contributed by atoms with van der Waals surface area (Å²) in [5, 5.41) is 23.7. The number of aliphatic hydroxyl groups excluding tert-OH is 3. The molecule has 5 nitrogen and oxygen atoms in total. The lowest BCUT2D eigenvalue weighted by molar-refractivity contribution is 0.0814. The third-order valence-electron chi connectivity index (χ3n) is 1.74. The van der Waals surface area contributed by atoms with Crippen LogP contribution in [0.25, 0.3) is 0 Å². The van der Waals surface area contributed by atoms with Gasteiger partial charge in [-0.25, -0.2) is 0 Å². The quantitative estimate of drug-likeness (QED) is 0.622. The van der Waals surface area contributed by atoms with Gasteiger partial charge in [-0.2, -0.15) is 0 Å². The minimum Gasteiger partial charge on any atom is -0.497 e. The molecule has 0 unspecified atom stereocenters. The van der Waals surface area contributed by atoms with E-state index in [0.717, 1.165) is 11.3 Å². The molecule has 0 aromatic heterocycles. The molecule has 0 fully saturated rings. The number of ether oxygens (including phenoxy) is 2. The zero-order valence-corrected chi connectivity index (χ0v) is 10.0. The van der Waals surface area contributed by atoms with Crippen molar-refractivity contribution >= 4 is 0 Å². The van der Waals surface area contributed by atoms with E-state index in [0.29, 0.717) is 13.2 Å². The maximum atomic E-state index is 8.50. The third-order valence-corrected chi connectivity index (χ3v) is 1.74. The van der Waals surface area contributed by atoms with Crippen LogP contribution in [0.15, 0.2) is 24.3 Å². The van der Waals surface area contributed by atoms with Gasteiger partial charge in [0.1, 0.15) is 5.75 Å². The average Bonchev–Trinajstić information content (AvgIpc) is 2.39. The Morgan fingerprint density at radius 1 is 1.06 bits per heavy atom. The van der Waals surface area contributed by atoms with Crippen LogP contribution in [0.4, 0.5) is 0 Å². The molecule has 0 atom stereocenters. The van der Waals surface area contributed by atoms with Crippen molar-refractivity contribution in [2.75, 3.05) is 33.5 Å². The lowest BCUT2D eigenvalue weighted by Gasteiger charge is -2.04. The maximum absolute atomic E-state index is 8.50. The zero-order chi connectivity index (χ0) is 12.9. The van der Waals surface area contributed by atoms with Gasteiger partial charge in [-0.05, 0) is 17.7 Å². The highest BCUT2D eigenvalue weighted by molar-refractivity contribution is 5.27. The van der Waals surface area contributed by atoms with Crippen LogP contribution in [0.1, 0.15) is 5.56 Å². The molecule has 1 aromatic rings. The Bertz CT molecular complexity index is 275. The van der Waals surface area contributed by atoms with Gasteiger partial charge in [0, 0.05) is 0 Å². The topological polar surface area (TPSA) is 79.2 Å². The van der Waals surface area contributed by atoms with Crippen LogP contribution in [0.3, 0.4) is 0 Å². The first-order valence-electron chi connectivity index (χ1n) is 5.31. The van der Waals surface area contributed by atoms with E-state index in [-0.39, 0.29) is 19.8 Å². The van der Waals surface area contributed by atoms with E-state index in [2.05, 4.69) is 0 Å². The van der Waals surface area contributed by atoms with E-state index in [4.69, 9.17) is 24.8 Å². The van der Waals surface area contributed by atoms with Gasteiger partial charge in [-0.1, -0.05) is 12.1 Å². The van der Waals surface area contributed by atoms with Crippen LogP contribution >= 0.6 is 0 Å². The Balaban J connectivity index is 0.000000557. The highest BCUT2D eigenvalue weighted by Gasteiger charge is 1.95. The monoisotopic (exact) mass is 244 g/mol. The van der Waals surface area contributed by atoms with Gasteiger partial charge in [0.25, 0.3) is 0 Å². The van der Waals surface area contributed by atoms with Gasteiger partial charge in [0.2, 0.25) is 0 Å². The largest absolute Gasteiger partial charge is 0.497 e. The molecule has 1 aromatic carbocycles. The molecule has 17 heavy (non-hydrogen) atoms. The van der Waals surface area contributed by atoms with E-state index in [1.807, 2.05) is 24.3 Å². The van der Waals surface area contributed by atoms with Crippen LogP contribution in [-0.2, 0) is 11.3 Å². The van der Waals surface area contributed by atoms with Gasteiger partial charge < -0.3 is 24.8 Å². The normalized spacial score (nSPS) is 9.41. The summed E-state index contributed by atoms with van der Waals surface area (Å²) in [7, 11) is 1.63. The fourth-order valence-corrected chi connectivity index (χ4v) is 1.02. The molecule has 0 saturated carbocycles. The number of hydrogen-bond acceptors (Lipinski definition) is 5. The SMILES string of the molecule is COc1cccc(COCCO)c1.OCCO. The van der Waals surface area contributed by atoms with Crippen LogP contribution in [0.2, 0.25) is 0 Å². The first-order valence-corrected chi connectivity index (χ1v) is 5.31. The number of aliphatic hydroxyl groups is 3. The van der Waals surface area contributed by atoms with Crippen molar-refractivity contribution in [1.82, 2.24) is 0 Å². The summed E-state index contributed by atoms with van der Waals surface area (Å²) >= 11 is 0. The molecule has 0 aliphatic carbocycles. The molecule has 0 saturated heterocycles. The van der Waals surface area contributed by atoms with Gasteiger partial charge in [0.15, 0.2) is 0 Å². The number of hydrogen-bond donors (Lipinski definition) is 3. The smallest absolute Gasteiger partial charge is 0.119 e. The predicted molar refractivity (Wildman–Crippen MR) is 63.9 cm³/mol. The zero-order valence-electron chi connectivity index (χ0n) is 10.0. The summed E-state index contributed by atoms with van der Waals surface area (Å²) in [5.74, 6) is 0.824. The predicted octanol–water partition coefficient (Wildman–Crippen LogP) is 0.175. The lowest BCUT2D eigenvalue weighted by Crippen LogP contribution is -1.99. The molecular formula is C12H20O5. The van der Waals surface area contributed by atoms with Crippen LogP contribution in [-0.4, -0.2) is 48.9 Å². The molecule has 1 rings (SSSR count). The summed E-state index contributed by atoms with van der Waals surface area (Å²) in [6.07, 6.45) is 0. The molecule has 0 radical (unpaired) electrons. The third kappa shape index (κ3) is 8.65. The molecule has 98 valence electrons. The maximum Gasteiger partial charge on any atom is 0.119 e. The van der Waals surface area contributed by atoms with Crippen molar-refractivity contribution in [3.05, 3.63) is 29.8 Å². The Hall–Kier alpha value is -1.14. The number of rotatable bonds is 6. The lowest BCUT2D eigenvalue weighted by atomic mass is 10.2. The Morgan fingerprint density at radius 3 is 2.29 bits per heavy atom. The van der Waals surface area contributed by atoms with Crippen LogP contribution in [0, 0.1) is 0 Å². The summed E-state index contributed by atoms with van der Waals surface area (Å²) in [4.78, 5) is 0. The highest BCUT2D eigenvalue weighted by Crippen LogP contribution is 2.12. The van der Waals surface area contributed by atoms with Gasteiger partial charge in [0.05, 0.1) is 40.1 Å². The number of methoxy groups -OCH3 is 1. The van der Waals surface area contributed by atoms with E-state index in [1.165, 1.54) is 0 Å². The van der Waals surface area contributed by atoms with E-state index in [9.17, 15) is 0 Å². The van der Waals surface area contributed by atoms with Crippen molar-refractivity contribution in [2.24, 2.45) is 0 Å². The van der Waals surface area contributed by atoms with Crippen LogP contribution < -0.4 is 4.74 Å². The van der Waals surface area contributed by atoms with E-state index in [1.54, 1.807) is 7.11 Å². The molecule has 0 aliphatic heterocycles. The van der Waals surface area contributed by atoms with Gasteiger partial charge in [-0.3, -0.25) is 0 Å². The molecule has 3 N–H and O–H groups in total. The molecule has 5 heteroatoms. The summed E-state index contributed by atoms with van der Waals surface area (Å²) in [6, 6.07) is 7.67. The van der Waals surface area contributed by atoms with Crippen molar-refractivity contribution in [2.45, 2.75) is 6.61 Å². The van der Waals surface area contributed by atoms with Crippen LogP contribution in [0.5, 0.6) is 5.75 Å². The standard InChI is InChI=1S/C10H14O3.C2H6O2/c1-12-10-4-2-3-9(7-10)8-13-6-5-11;3-1-2-4/h2-4,7,11H,5-6,8H2,1H3;3-4H,1-2H2.